The van der Waals surface area contributed by atoms with Crippen LogP contribution in [0, 0.1) is 17.1 Å². The van der Waals surface area contributed by atoms with E-state index < -0.39 is 23.3 Å². The molecule has 258 valence electrons. The van der Waals surface area contributed by atoms with Gasteiger partial charge in [-0.1, -0.05) is 29.5 Å². The zero-order valence-corrected chi connectivity index (χ0v) is 28.6. The topological polar surface area (TPSA) is 151 Å². The minimum Gasteiger partial charge on any atom is -0.345 e. The number of carbonyl (C=O) groups excluding carboxylic acids is 3. The fourth-order valence-electron chi connectivity index (χ4n) is 7.35. The number of benzene rings is 3. The number of nitrogens with zero attached hydrogens (tertiary/aromatic N) is 7. The van der Waals surface area contributed by atoms with Crippen LogP contribution in [0.2, 0.25) is 0 Å². The molecule has 6 rings (SSSR count). The van der Waals surface area contributed by atoms with Crippen LogP contribution in [-0.2, 0) is 23.1 Å². The molecule has 13 heteroatoms. The second-order valence-corrected chi connectivity index (χ2v) is 13.3. The third kappa shape index (κ3) is 6.46. The Bertz CT molecular complexity index is 1860. The zero-order chi connectivity index (χ0) is 35.6. The van der Waals surface area contributed by atoms with Gasteiger partial charge in [0.1, 0.15) is 11.9 Å². The molecule has 1 fully saturated rings. The summed E-state index contributed by atoms with van der Waals surface area (Å²) < 4.78 is 14.3. The average molecular weight is 678 g/mol. The second kappa shape index (κ2) is 14.2. The van der Waals surface area contributed by atoms with Crippen molar-refractivity contribution in [2.45, 2.75) is 49.6 Å². The third-order valence-electron chi connectivity index (χ3n) is 9.83. The molecule has 1 aliphatic carbocycles. The van der Waals surface area contributed by atoms with Crippen LogP contribution < -0.4 is 5.32 Å². The van der Waals surface area contributed by atoms with Crippen molar-refractivity contribution < 1.29 is 18.8 Å². The Labute approximate surface area is 290 Å². The van der Waals surface area contributed by atoms with E-state index in [1.54, 1.807) is 57.4 Å². The van der Waals surface area contributed by atoms with Gasteiger partial charge in [0.25, 0.3) is 11.8 Å². The fourth-order valence-corrected chi connectivity index (χ4v) is 7.35. The molecule has 2 heterocycles. The SMILES string of the molecule is CN(C)C(=O)c1ccc2c(c1)CCc1cc(C(=O)N(C)C)ccc1C2(C[C@H](NCC(=O)N1CCC[C@H]1C#N)c1ccc(F)cc1)c1nn[nH]n1. The predicted molar refractivity (Wildman–Crippen MR) is 182 cm³/mol. The number of hydrogen-bond acceptors (Lipinski definition) is 8. The van der Waals surface area contributed by atoms with E-state index in [1.807, 2.05) is 24.3 Å². The molecule has 0 saturated carbocycles. The van der Waals surface area contributed by atoms with Crippen LogP contribution in [-0.4, -0.2) is 100 Å². The van der Waals surface area contributed by atoms with Gasteiger partial charge in [-0.2, -0.15) is 10.5 Å². The number of aromatic amines is 1. The number of tetrazole rings is 1. The molecular weight excluding hydrogens is 637 g/mol. The summed E-state index contributed by atoms with van der Waals surface area (Å²) in [5, 5.41) is 28.8. The molecule has 3 amide bonds. The van der Waals surface area contributed by atoms with Crippen molar-refractivity contribution in [3.63, 3.8) is 0 Å². The van der Waals surface area contributed by atoms with Gasteiger partial charge >= 0.3 is 0 Å². The maximum absolute atomic E-state index is 14.3. The molecule has 0 unspecified atom stereocenters. The summed E-state index contributed by atoms with van der Waals surface area (Å²) in [5.74, 6) is -0.507. The molecule has 1 saturated heterocycles. The van der Waals surface area contributed by atoms with Gasteiger partial charge in [-0.15, -0.1) is 10.2 Å². The van der Waals surface area contributed by atoms with Gasteiger partial charge in [-0.3, -0.25) is 14.4 Å². The lowest BCUT2D eigenvalue weighted by molar-refractivity contribution is -0.130. The van der Waals surface area contributed by atoms with Crippen LogP contribution in [0.3, 0.4) is 0 Å². The number of likely N-dealkylation sites (tertiary alicyclic amines) is 1. The Hall–Kier alpha value is -5.48. The van der Waals surface area contributed by atoms with Crippen LogP contribution in [0.15, 0.2) is 60.7 Å². The minimum atomic E-state index is -1.11. The van der Waals surface area contributed by atoms with Crippen molar-refractivity contribution in [2.24, 2.45) is 0 Å². The van der Waals surface area contributed by atoms with Crippen LogP contribution in [0.1, 0.15) is 79.7 Å². The standard InChI is InChI=1S/C37H40FN9O3/c1-45(2)34(49)26-11-15-30-24(18-26)7-8-25-19-27(35(50)46(3)4)12-16-31(25)37(30,36-41-43-44-42-36)20-32(23-9-13-28(38)14-10-23)40-22-33(48)47-17-5-6-29(47)21-39/h9-16,18-19,29,32,40H,5-8,17,20,22H2,1-4H3,(H,41,42,43,44)/t29-,32-/m0/s1. The minimum absolute atomic E-state index is 0.0607. The van der Waals surface area contributed by atoms with E-state index in [-0.39, 0.29) is 30.7 Å². The Kier molecular flexibility index (Phi) is 9.74. The molecule has 2 aliphatic rings. The molecule has 1 aliphatic heterocycles. The third-order valence-corrected chi connectivity index (χ3v) is 9.83. The molecule has 1 aromatic heterocycles. The maximum atomic E-state index is 14.3. The van der Waals surface area contributed by atoms with E-state index in [2.05, 4.69) is 32.0 Å². The second-order valence-electron chi connectivity index (χ2n) is 13.3. The first-order valence-electron chi connectivity index (χ1n) is 16.7. The Morgan fingerprint density at radius 1 is 0.980 bits per heavy atom. The van der Waals surface area contributed by atoms with Crippen molar-refractivity contribution in [1.29, 1.82) is 5.26 Å². The normalized spacial score (nSPS) is 16.8. The highest BCUT2D eigenvalue weighted by atomic mass is 19.1. The lowest BCUT2D eigenvalue weighted by Crippen LogP contribution is -2.43. The molecule has 4 aromatic rings. The first-order valence-corrected chi connectivity index (χ1v) is 16.7. The molecular formula is C37H40FN9O3. The number of carbonyl (C=O) groups is 3. The van der Waals surface area contributed by atoms with Crippen LogP contribution in [0.4, 0.5) is 4.39 Å². The number of fused-ring (bicyclic) bond motifs is 2. The number of rotatable bonds is 9. The molecule has 2 atom stereocenters. The quantitative estimate of drug-likeness (QED) is 0.274. The van der Waals surface area contributed by atoms with Gasteiger partial charge < -0.3 is 20.0 Å². The summed E-state index contributed by atoms with van der Waals surface area (Å²) in [6.45, 7) is 0.449. The summed E-state index contributed by atoms with van der Waals surface area (Å²) in [4.78, 5) is 44.5. The molecule has 2 N–H and O–H groups in total. The van der Waals surface area contributed by atoms with Crippen molar-refractivity contribution in [2.75, 3.05) is 41.3 Å². The highest BCUT2D eigenvalue weighted by Gasteiger charge is 2.47. The molecule has 3 aromatic carbocycles. The number of nitrogens with one attached hydrogen (secondary N) is 2. The Morgan fingerprint density at radius 2 is 1.58 bits per heavy atom. The maximum Gasteiger partial charge on any atom is 0.253 e. The van der Waals surface area contributed by atoms with Crippen molar-refractivity contribution >= 4 is 17.7 Å². The smallest absolute Gasteiger partial charge is 0.253 e. The number of H-pyrrole nitrogens is 1. The van der Waals surface area contributed by atoms with Gasteiger partial charge in [-0.05, 0) is 96.3 Å². The van der Waals surface area contributed by atoms with E-state index in [4.69, 9.17) is 0 Å². The van der Waals surface area contributed by atoms with E-state index >= 15 is 0 Å². The Morgan fingerprint density at radius 3 is 2.10 bits per heavy atom. The van der Waals surface area contributed by atoms with Gasteiger partial charge in [0.15, 0.2) is 5.82 Å². The predicted octanol–water partition coefficient (Wildman–Crippen LogP) is 3.41. The van der Waals surface area contributed by atoms with Gasteiger partial charge in [0.2, 0.25) is 5.91 Å². The summed E-state index contributed by atoms with van der Waals surface area (Å²) in [5.41, 5.74) is 4.19. The van der Waals surface area contributed by atoms with Crippen LogP contribution >= 0.6 is 0 Å². The lowest BCUT2D eigenvalue weighted by atomic mass is 9.67. The van der Waals surface area contributed by atoms with Crippen molar-refractivity contribution in [3.8, 4) is 6.07 Å². The summed E-state index contributed by atoms with van der Waals surface area (Å²) in [7, 11) is 6.83. The number of aromatic nitrogens is 4. The summed E-state index contributed by atoms with van der Waals surface area (Å²) >= 11 is 0. The molecule has 0 radical (unpaired) electrons. The Balaban J connectivity index is 1.54. The summed E-state index contributed by atoms with van der Waals surface area (Å²) in [6, 6.07) is 18.6. The highest BCUT2D eigenvalue weighted by molar-refractivity contribution is 5.95. The number of aryl methyl sites for hydroxylation is 2. The zero-order valence-electron chi connectivity index (χ0n) is 28.6. The first-order chi connectivity index (χ1) is 24.0. The molecule has 12 nitrogen and oxygen atoms in total. The van der Waals surface area contributed by atoms with Gasteiger partial charge in [-0.25, -0.2) is 4.39 Å². The monoisotopic (exact) mass is 677 g/mol. The number of nitriles is 1. The fraction of sp³-hybridized carbons (Fsp3) is 0.378. The van der Waals surface area contributed by atoms with E-state index in [1.165, 1.54) is 21.9 Å². The largest absolute Gasteiger partial charge is 0.345 e. The number of hydrogen-bond donors (Lipinski definition) is 2. The molecule has 0 spiro atoms. The van der Waals surface area contributed by atoms with Crippen LogP contribution in [0.25, 0.3) is 0 Å². The van der Waals surface area contributed by atoms with Gasteiger partial charge in [0, 0.05) is 51.9 Å². The highest BCUT2D eigenvalue weighted by Crippen LogP contribution is 2.49. The first kappa shape index (κ1) is 34.4. The lowest BCUT2D eigenvalue weighted by Gasteiger charge is -2.37. The van der Waals surface area contributed by atoms with Crippen LogP contribution in [0.5, 0.6) is 0 Å². The molecule has 0 bridgehead atoms. The van der Waals surface area contributed by atoms with Crippen molar-refractivity contribution in [1.82, 2.24) is 40.6 Å². The van der Waals surface area contributed by atoms with E-state index in [0.717, 1.165) is 34.2 Å². The molecule has 50 heavy (non-hydrogen) atoms. The van der Waals surface area contributed by atoms with E-state index in [0.29, 0.717) is 42.8 Å². The van der Waals surface area contributed by atoms with Crippen molar-refractivity contribution in [3.05, 3.63) is 111 Å². The number of halogens is 1. The summed E-state index contributed by atoms with van der Waals surface area (Å²) in [6.07, 6.45) is 2.78. The average Bonchev–Trinajstić information content (AvgIpc) is 3.82. The number of amides is 3. The van der Waals surface area contributed by atoms with Gasteiger partial charge in [0.05, 0.1) is 18.0 Å². The van der Waals surface area contributed by atoms with E-state index in [9.17, 15) is 24.0 Å².